The third kappa shape index (κ3) is 6.03. The van der Waals surface area contributed by atoms with Crippen LogP contribution in [0.15, 0.2) is 54.0 Å². The van der Waals surface area contributed by atoms with Gasteiger partial charge in [0.1, 0.15) is 12.4 Å². The van der Waals surface area contributed by atoms with E-state index < -0.39 is 12.7 Å². The minimum absolute atomic E-state index is 0.206. The molecule has 0 spiro atoms. The van der Waals surface area contributed by atoms with Gasteiger partial charge >= 0.3 is 6.18 Å². The van der Waals surface area contributed by atoms with E-state index in [1.165, 1.54) is 10.1 Å². The molecule has 1 aliphatic rings. The van der Waals surface area contributed by atoms with Gasteiger partial charge < -0.3 is 15.2 Å². The monoisotopic (exact) mass is 498 g/mol. The smallest absolute Gasteiger partial charge is 0.374 e. The second kappa shape index (κ2) is 10.7. The van der Waals surface area contributed by atoms with Gasteiger partial charge in [0.05, 0.1) is 24.3 Å². The molecule has 1 aliphatic heterocycles. The number of hydrogen-bond donors (Lipinski definition) is 2. The first-order chi connectivity index (χ1) is 17.1. The maximum atomic E-state index is 14.5. The fourth-order valence-electron chi connectivity index (χ4n) is 4.45. The molecule has 0 fully saturated rings. The molecule has 0 amide bonds. The van der Waals surface area contributed by atoms with Crippen molar-refractivity contribution < 1.29 is 17.6 Å². The van der Waals surface area contributed by atoms with E-state index >= 15 is 0 Å². The van der Waals surface area contributed by atoms with Gasteiger partial charge in [0.15, 0.2) is 0 Å². The van der Waals surface area contributed by atoms with Crippen LogP contribution in [0, 0.1) is 18.8 Å². The summed E-state index contributed by atoms with van der Waals surface area (Å²) in [5.41, 5.74) is 4.98. The number of anilines is 2. The molecule has 0 saturated heterocycles. The zero-order chi connectivity index (χ0) is 25.9. The molecule has 2 N–H and O–H groups in total. The first kappa shape index (κ1) is 25.6. The van der Waals surface area contributed by atoms with Crippen molar-refractivity contribution >= 4 is 22.3 Å². The Bertz CT molecular complexity index is 1340. The SMILES string of the molecule is CCc1cc(C)ccc1NCC#Cc1cc2c(NC3=C(F)CN(C)CC3)cccc2n1CC(F)(F)F. The number of nitrogens with one attached hydrogen (secondary N) is 2. The number of alkyl halides is 3. The molecule has 4 nitrogen and oxygen atoms in total. The number of hydrogen-bond acceptors (Lipinski definition) is 3. The van der Waals surface area contributed by atoms with Crippen LogP contribution in [-0.4, -0.2) is 42.3 Å². The molecule has 2 heterocycles. The number of halogens is 4. The highest BCUT2D eigenvalue weighted by Gasteiger charge is 2.30. The molecule has 0 aliphatic carbocycles. The maximum absolute atomic E-state index is 14.5. The Labute approximate surface area is 209 Å². The summed E-state index contributed by atoms with van der Waals surface area (Å²) in [6.07, 6.45) is -3.05. The lowest BCUT2D eigenvalue weighted by molar-refractivity contribution is -0.140. The second-order valence-electron chi connectivity index (χ2n) is 9.13. The van der Waals surface area contributed by atoms with Crippen LogP contribution in [0.3, 0.4) is 0 Å². The van der Waals surface area contributed by atoms with Gasteiger partial charge in [-0.25, -0.2) is 4.39 Å². The number of nitrogens with zero attached hydrogens (tertiary/aromatic N) is 2. The first-order valence-corrected chi connectivity index (χ1v) is 12.0. The highest BCUT2D eigenvalue weighted by Crippen LogP contribution is 2.32. The van der Waals surface area contributed by atoms with E-state index in [-0.39, 0.29) is 18.1 Å². The lowest BCUT2D eigenvalue weighted by atomic mass is 10.1. The molecule has 2 aromatic carbocycles. The summed E-state index contributed by atoms with van der Waals surface area (Å²) in [6.45, 7) is 4.14. The number of benzene rings is 2. The van der Waals surface area contributed by atoms with Crippen LogP contribution in [0.25, 0.3) is 10.9 Å². The predicted octanol–water partition coefficient (Wildman–Crippen LogP) is 6.47. The zero-order valence-corrected chi connectivity index (χ0v) is 20.7. The van der Waals surface area contributed by atoms with Gasteiger partial charge in [0.2, 0.25) is 0 Å². The molecule has 190 valence electrons. The largest absolute Gasteiger partial charge is 0.406 e. The van der Waals surface area contributed by atoms with E-state index in [0.29, 0.717) is 41.8 Å². The van der Waals surface area contributed by atoms with Crippen molar-refractivity contribution in [3.05, 3.63) is 70.8 Å². The van der Waals surface area contributed by atoms with E-state index in [2.05, 4.69) is 35.5 Å². The topological polar surface area (TPSA) is 32.2 Å². The molecule has 0 unspecified atom stereocenters. The summed E-state index contributed by atoms with van der Waals surface area (Å²) < 4.78 is 56.0. The molecular formula is C28H30F4N4. The van der Waals surface area contributed by atoms with Crippen molar-refractivity contribution in [3.63, 3.8) is 0 Å². The first-order valence-electron chi connectivity index (χ1n) is 12.0. The van der Waals surface area contributed by atoms with Crippen molar-refractivity contribution in [1.29, 1.82) is 0 Å². The predicted molar refractivity (Wildman–Crippen MR) is 138 cm³/mol. The number of aromatic nitrogens is 1. The second-order valence-corrected chi connectivity index (χ2v) is 9.13. The number of rotatable bonds is 6. The fourth-order valence-corrected chi connectivity index (χ4v) is 4.45. The third-order valence-electron chi connectivity index (χ3n) is 6.27. The zero-order valence-electron chi connectivity index (χ0n) is 20.7. The van der Waals surface area contributed by atoms with Crippen LogP contribution in [0.2, 0.25) is 0 Å². The fraction of sp³-hybridized carbons (Fsp3) is 0.357. The minimum atomic E-state index is -4.41. The summed E-state index contributed by atoms with van der Waals surface area (Å²) in [6, 6.07) is 12.8. The Morgan fingerprint density at radius 1 is 1.08 bits per heavy atom. The minimum Gasteiger partial charge on any atom is -0.374 e. The van der Waals surface area contributed by atoms with Gasteiger partial charge in [0, 0.05) is 35.4 Å². The average Bonchev–Trinajstić information content (AvgIpc) is 3.16. The van der Waals surface area contributed by atoms with Crippen molar-refractivity contribution in [2.24, 2.45) is 0 Å². The van der Waals surface area contributed by atoms with Crippen molar-refractivity contribution in [1.82, 2.24) is 9.47 Å². The molecule has 3 aromatic rings. The Hall–Kier alpha value is -3.44. The Balaban J connectivity index is 1.64. The van der Waals surface area contributed by atoms with E-state index in [0.717, 1.165) is 17.7 Å². The van der Waals surface area contributed by atoms with Crippen molar-refractivity contribution in [3.8, 4) is 11.8 Å². The summed E-state index contributed by atoms with van der Waals surface area (Å²) in [7, 11) is 1.84. The van der Waals surface area contributed by atoms with Crippen molar-refractivity contribution in [2.45, 2.75) is 39.4 Å². The number of likely N-dealkylation sites (N-methyl/N-ethyl adjacent to an activating group) is 1. The van der Waals surface area contributed by atoms with Gasteiger partial charge in [-0.05, 0) is 56.1 Å². The van der Waals surface area contributed by atoms with E-state index in [1.807, 2.05) is 31.0 Å². The van der Waals surface area contributed by atoms with Crippen LogP contribution in [0.1, 0.15) is 30.2 Å². The molecule has 8 heteroatoms. The Kier molecular flexibility index (Phi) is 7.60. The molecular weight excluding hydrogens is 468 g/mol. The summed E-state index contributed by atoms with van der Waals surface area (Å²) in [5, 5.41) is 6.97. The van der Waals surface area contributed by atoms with Crippen LogP contribution >= 0.6 is 0 Å². The van der Waals surface area contributed by atoms with Gasteiger partial charge in [-0.2, -0.15) is 13.2 Å². The van der Waals surface area contributed by atoms with E-state index in [4.69, 9.17) is 0 Å². The van der Waals surface area contributed by atoms with Crippen LogP contribution in [0.4, 0.5) is 28.9 Å². The molecule has 4 rings (SSSR count). The van der Waals surface area contributed by atoms with Crippen molar-refractivity contribution in [2.75, 3.05) is 37.3 Å². The Morgan fingerprint density at radius 2 is 1.89 bits per heavy atom. The molecule has 0 atom stereocenters. The maximum Gasteiger partial charge on any atom is 0.406 e. The average molecular weight is 499 g/mol. The van der Waals surface area contributed by atoms with Crippen LogP contribution < -0.4 is 10.6 Å². The van der Waals surface area contributed by atoms with Gasteiger partial charge in [0.25, 0.3) is 0 Å². The molecule has 0 bridgehead atoms. The molecule has 0 radical (unpaired) electrons. The third-order valence-corrected chi connectivity index (χ3v) is 6.27. The standard InChI is InChI=1S/C28H30F4N4/c1-4-20-15-19(2)10-11-24(20)33-13-6-7-21-16-22-25(34-26-12-14-35(3)17-23(26)29)8-5-9-27(22)36(21)18-28(30,31)32/h5,8-11,15-16,33-34H,4,12-14,17-18H2,1-3H3. The van der Waals surface area contributed by atoms with Gasteiger partial charge in [-0.1, -0.05) is 36.6 Å². The Morgan fingerprint density at radius 3 is 2.61 bits per heavy atom. The van der Waals surface area contributed by atoms with Crippen LogP contribution in [-0.2, 0) is 13.0 Å². The van der Waals surface area contributed by atoms with Gasteiger partial charge in [-0.15, -0.1) is 0 Å². The highest BCUT2D eigenvalue weighted by molar-refractivity contribution is 5.94. The lowest BCUT2D eigenvalue weighted by Crippen LogP contribution is -2.28. The number of fused-ring (bicyclic) bond motifs is 1. The van der Waals surface area contributed by atoms with E-state index in [9.17, 15) is 17.6 Å². The highest BCUT2D eigenvalue weighted by atomic mass is 19.4. The van der Waals surface area contributed by atoms with E-state index in [1.54, 1.807) is 24.3 Å². The summed E-state index contributed by atoms with van der Waals surface area (Å²) in [5.74, 6) is 5.63. The normalized spacial score (nSPS) is 14.6. The quantitative estimate of drug-likeness (QED) is 0.302. The summed E-state index contributed by atoms with van der Waals surface area (Å²) in [4.78, 5) is 1.88. The lowest BCUT2D eigenvalue weighted by Gasteiger charge is -2.24. The molecule has 0 saturated carbocycles. The number of aryl methyl sites for hydroxylation is 2. The van der Waals surface area contributed by atoms with Gasteiger partial charge in [-0.3, -0.25) is 4.90 Å². The molecule has 36 heavy (non-hydrogen) atoms. The van der Waals surface area contributed by atoms with Crippen LogP contribution in [0.5, 0.6) is 0 Å². The molecule has 1 aromatic heterocycles. The summed E-state index contributed by atoms with van der Waals surface area (Å²) >= 11 is 0.